The topological polar surface area (TPSA) is 83.0 Å². The van der Waals surface area contributed by atoms with Gasteiger partial charge in [-0.2, -0.15) is 0 Å². The van der Waals surface area contributed by atoms with E-state index in [1.165, 1.54) is 15.9 Å². The number of carbonyl (C=O) groups is 1. The van der Waals surface area contributed by atoms with E-state index in [0.29, 0.717) is 65.7 Å². The fraction of sp³-hybridized carbons (Fsp3) is 0.167. The van der Waals surface area contributed by atoms with Gasteiger partial charge in [0.1, 0.15) is 23.9 Å². The molecule has 2 aromatic heterocycles. The van der Waals surface area contributed by atoms with Crippen molar-refractivity contribution in [3.63, 3.8) is 0 Å². The summed E-state index contributed by atoms with van der Waals surface area (Å²) in [7, 11) is 0. The van der Waals surface area contributed by atoms with Crippen molar-refractivity contribution in [1.29, 1.82) is 0 Å². The van der Waals surface area contributed by atoms with Crippen LogP contribution in [-0.2, 0) is 9.53 Å². The van der Waals surface area contributed by atoms with Crippen LogP contribution in [0.25, 0.3) is 17.4 Å². The maximum Gasteiger partial charge on any atom is 0.338 e. The summed E-state index contributed by atoms with van der Waals surface area (Å²) in [6, 6.07) is 15.1. The van der Waals surface area contributed by atoms with Gasteiger partial charge < -0.3 is 13.9 Å². The second kappa shape index (κ2) is 11.7. The average Bonchev–Trinajstić information content (AvgIpc) is 3.52. The van der Waals surface area contributed by atoms with E-state index in [0.717, 1.165) is 0 Å². The van der Waals surface area contributed by atoms with E-state index in [9.17, 15) is 9.59 Å². The quantitative estimate of drug-likeness (QED) is 0.186. The van der Waals surface area contributed by atoms with Crippen molar-refractivity contribution in [2.24, 2.45) is 4.99 Å². The Morgan fingerprint density at radius 3 is 2.67 bits per heavy atom. The lowest BCUT2D eigenvalue weighted by Crippen LogP contribution is -2.39. The number of rotatable bonds is 8. The van der Waals surface area contributed by atoms with Gasteiger partial charge >= 0.3 is 5.97 Å². The Kier molecular flexibility index (Phi) is 8.12. The number of hydrogen-bond donors (Lipinski definition) is 0. The predicted octanol–water partition coefficient (Wildman–Crippen LogP) is 5.93. The minimum absolute atomic E-state index is 0.193. The summed E-state index contributed by atoms with van der Waals surface area (Å²) in [5, 5.41) is 1.02. The van der Waals surface area contributed by atoms with Crippen LogP contribution in [0.15, 0.2) is 92.7 Å². The molecule has 1 aliphatic heterocycles. The maximum atomic E-state index is 13.8. The highest BCUT2D eigenvalue weighted by atomic mass is 35.5. The predicted molar refractivity (Wildman–Crippen MR) is 157 cm³/mol. The van der Waals surface area contributed by atoms with E-state index in [2.05, 4.69) is 11.6 Å². The number of nitrogens with zero attached hydrogens (tertiary/aromatic N) is 2. The molecule has 0 unspecified atom stereocenters. The summed E-state index contributed by atoms with van der Waals surface area (Å²) in [4.78, 5) is 32.0. The first kappa shape index (κ1) is 27.7. The van der Waals surface area contributed by atoms with Crippen LogP contribution in [-0.4, -0.2) is 23.8 Å². The molecule has 5 rings (SSSR count). The van der Waals surface area contributed by atoms with Crippen LogP contribution in [0.2, 0.25) is 10.0 Å². The lowest BCUT2D eigenvalue weighted by Gasteiger charge is -2.24. The largest absolute Gasteiger partial charge is 0.490 e. The third-order valence-corrected chi connectivity index (χ3v) is 7.72. The van der Waals surface area contributed by atoms with Crippen molar-refractivity contribution in [2.45, 2.75) is 19.9 Å². The summed E-state index contributed by atoms with van der Waals surface area (Å²) < 4.78 is 18.9. The van der Waals surface area contributed by atoms with E-state index in [1.807, 2.05) is 12.1 Å². The van der Waals surface area contributed by atoms with E-state index >= 15 is 0 Å². The fourth-order valence-electron chi connectivity index (χ4n) is 4.40. The van der Waals surface area contributed by atoms with Crippen LogP contribution in [0.4, 0.5) is 0 Å². The number of halogens is 2. The highest BCUT2D eigenvalue weighted by molar-refractivity contribution is 7.07. The van der Waals surface area contributed by atoms with Crippen LogP contribution >= 0.6 is 34.5 Å². The molecule has 204 valence electrons. The van der Waals surface area contributed by atoms with E-state index in [-0.39, 0.29) is 12.2 Å². The molecule has 2 aromatic carbocycles. The number of carbonyl (C=O) groups excluding carboxylic acids is 1. The molecular formula is C30H24Cl2N2O5S. The lowest BCUT2D eigenvalue weighted by atomic mass is 9.96. The first-order valence-electron chi connectivity index (χ1n) is 12.4. The monoisotopic (exact) mass is 594 g/mol. The molecular weight excluding hydrogens is 571 g/mol. The summed E-state index contributed by atoms with van der Waals surface area (Å²) >= 11 is 13.7. The van der Waals surface area contributed by atoms with Gasteiger partial charge in [0.15, 0.2) is 4.80 Å². The Hall–Kier alpha value is -3.85. The second-order valence-electron chi connectivity index (χ2n) is 8.80. The molecule has 1 aliphatic rings. The number of fused-ring (bicyclic) bond motifs is 1. The van der Waals surface area contributed by atoms with Gasteiger partial charge in [-0.15, -0.1) is 0 Å². The van der Waals surface area contributed by atoms with Gasteiger partial charge in [0, 0.05) is 16.7 Å². The molecule has 0 aliphatic carbocycles. The zero-order chi connectivity index (χ0) is 28.4. The number of thiazole rings is 1. The number of benzene rings is 2. The summed E-state index contributed by atoms with van der Waals surface area (Å²) in [5.41, 5.74) is 1.83. The first-order valence-corrected chi connectivity index (χ1v) is 14.0. The number of furan rings is 1. The van der Waals surface area contributed by atoms with Crippen LogP contribution in [0, 0.1) is 0 Å². The zero-order valence-electron chi connectivity index (χ0n) is 21.6. The van der Waals surface area contributed by atoms with Crippen molar-refractivity contribution < 1.29 is 18.7 Å². The molecule has 40 heavy (non-hydrogen) atoms. The van der Waals surface area contributed by atoms with Crippen molar-refractivity contribution in [2.75, 3.05) is 13.2 Å². The summed E-state index contributed by atoms with van der Waals surface area (Å²) in [6.07, 6.45) is 3.31. The van der Waals surface area contributed by atoms with E-state index < -0.39 is 12.0 Å². The molecule has 0 spiro atoms. The Bertz CT molecular complexity index is 1820. The average molecular weight is 596 g/mol. The Labute approximate surface area is 243 Å². The highest BCUT2D eigenvalue weighted by Gasteiger charge is 2.33. The molecule has 0 N–H and O–H groups in total. The number of allylic oxidation sites excluding steroid dienone is 1. The van der Waals surface area contributed by atoms with E-state index in [1.54, 1.807) is 68.5 Å². The third kappa shape index (κ3) is 5.43. The number of esters is 1. The molecule has 0 amide bonds. The smallest absolute Gasteiger partial charge is 0.338 e. The molecule has 4 aromatic rings. The number of ether oxygens (including phenoxy) is 2. The summed E-state index contributed by atoms with van der Waals surface area (Å²) in [5.74, 6) is 1.09. The minimum atomic E-state index is -0.733. The van der Waals surface area contributed by atoms with E-state index in [4.69, 9.17) is 37.1 Å². The second-order valence-corrected chi connectivity index (χ2v) is 10.6. The van der Waals surface area contributed by atoms with Gasteiger partial charge in [-0.25, -0.2) is 9.79 Å². The molecule has 1 atom stereocenters. The first-order chi connectivity index (χ1) is 19.3. The zero-order valence-corrected chi connectivity index (χ0v) is 24.0. The minimum Gasteiger partial charge on any atom is -0.490 e. The van der Waals surface area contributed by atoms with Crippen LogP contribution in [0.5, 0.6) is 5.75 Å². The molecule has 0 radical (unpaired) electrons. The number of hydrogen-bond acceptors (Lipinski definition) is 7. The van der Waals surface area contributed by atoms with Gasteiger partial charge in [-0.1, -0.05) is 59.3 Å². The van der Waals surface area contributed by atoms with Crippen molar-refractivity contribution in [1.82, 2.24) is 4.57 Å². The van der Waals surface area contributed by atoms with Crippen LogP contribution < -0.4 is 19.6 Å². The molecule has 0 fully saturated rings. The Morgan fingerprint density at radius 2 is 1.95 bits per heavy atom. The standard InChI is InChI=1S/C30H24Cl2N2O5S/c1-4-14-38-20-9-6-18(7-10-20)27-26(29(36)37-5-2)17(3)33-30-34(27)28(35)25(40-30)16-21-11-13-24(39-21)22-15-19(31)8-12-23(22)32/h4,6-13,15-16,27H,1,5,14H2,2-3H3/b25-16-/t27-/m1/s1. The van der Waals surface area contributed by atoms with Gasteiger partial charge in [0.2, 0.25) is 0 Å². The fourth-order valence-corrected chi connectivity index (χ4v) is 5.81. The van der Waals surface area contributed by atoms with Crippen molar-refractivity contribution in [3.05, 3.63) is 120 Å². The van der Waals surface area contributed by atoms with Crippen molar-refractivity contribution >= 4 is 46.6 Å². The van der Waals surface area contributed by atoms with Crippen molar-refractivity contribution in [3.8, 4) is 17.1 Å². The van der Waals surface area contributed by atoms with Crippen LogP contribution in [0.3, 0.4) is 0 Å². The number of aromatic nitrogens is 1. The molecule has 10 heteroatoms. The lowest BCUT2D eigenvalue weighted by molar-refractivity contribution is -0.139. The Balaban J connectivity index is 1.61. The van der Waals surface area contributed by atoms with Gasteiger partial charge in [-0.3, -0.25) is 9.36 Å². The van der Waals surface area contributed by atoms with Crippen LogP contribution in [0.1, 0.15) is 31.2 Å². The van der Waals surface area contributed by atoms with Gasteiger partial charge in [0.25, 0.3) is 5.56 Å². The molecule has 0 bridgehead atoms. The molecule has 7 nitrogen and oxygen atoms in total. The molecule has 0 saturated carbocycles. The molecule has 3 heterocycles. The van der Waals surface area contributed by atoms with Gasteiger partial charge in [-0.05, 0) is 61.9 Å². The Morgan fingerprint density at radius 1 is 1.18 bits per heavy atom. The SMILES string of the molecule is C=CCOc1ccc([C@@H]2C(C(=O)OCC)=C(C)N=c3s/c(=C\c4ccc(-c5cc(Cl)ccc5Cl)o4)c(=O)n32)cc1. The molecule has 0 saturated heterocycles. The summed E-state index contributed by atoms with van der Waals surface area (Å²) in [6.45, 7) is 7.69. The maximum absolute atomic E-state index is 13.8. The van der Waals surface area contributed by atoms with Gasteiger partial charge in [0.05, 0.1) is 33.5 Å². The normalized spacial score (nSPS) is 15.0. The highest BCUT2D eigenvalue weighted by Crippen LogP contribution is 2.33. The third-order valence-electron chi connectivity index (χ3n) is 6.17.